The van der Waals surface area contributed by atoms with Crippen molar-refractivity contribution >= 4 is 22.9 Å². The zero-order valence-corrected chi connectivity index (χ0v) is 14.0. The third kappa shape index (κ3) is 3.57. The topological polar surface area (TPSA) is 53.6 Å². The molecule has 0 aromatic heterocycles. The summed E-state index contributed by atoms with van der Waals surface area (Å²) in [5.74, 6) is -0.0716. The van der Waals surface area contributed by atoms with E-state index in [-0.39, 0.29) is 5.91 Å². The highest BCUT2D eigenvalue weighted by molar-refractivity contribution is 6.31. The number of nitrogens with zero attached hydrogens (tertiary/aromatic N) is 1. The number of para-hydroxylation sites is 1. The van der Waals surface area contributed by atoms with Gasteiger partial charge in [-0.15, -0.1) is 0 Å². The number of ether oxygens (including phenoxy) is 1. The molecule has 0 saturated carbocycles. The third-order valence-electron chi connectivity index (χ3n) is 4.56. The highest BCUT2D eigenvalue weighted by Gasteiger charge is 2.23. The van der Waals surface area contributed by atoms with E-state index >= 15 is 0 Å². The van der Waals surface area contributed by atoms with Crippen LogP contribution >= 0.6 is 0 Å². The molecule has 2 heterocycles. The molecule has 1 amide bonds. The van der Waals surface area contributed by atoms with E-state index in [1.165, 1.54) is 5.56 Å². The maximum atomic E-state index is 12.1. The van der Waals surface area contributed by atoms with Crippen LogP contribution in [0.25, 0.3) is 5.57 Å². The summed E-state index contributed by atoms with van der Waals surface area (Å²) in [6.45, 7) is 4.55. The molecule has 5 heteroatoms. The Morgan fingerprint density at radius 2 is 1.84 bits per heavy atom. The van der Waals surface area contributed by atoms with Gasteiger partial charge in [-0.25, -0.2) is 0 Å². The normalized spacial score (nSPS) is 18.9. The maximum absolute atomic E-state index is 12.1. The minimum Gasteiger partial charge on any atom is -0.379 e. The maximum Gasteiger partial charge on any atom is 0.257 e. The van der Waals surface area contributed by atoms with Crippen molar-refractivity contribution in [3.8, 4) is 0 Å². The lowest BCUT2D eigenvalue weighted by Gasteiger charge is -2.26. The predicted molar refractivity (Wildman–Crippen MR) is 99.2 cm³/mol. The number of nitrogens with one attached hydrogen (secondary N) is 2. The molecule has 2 aliphatic rings. The summed E-state index contributed by atoms with van der Waals surface area (Å²) in [4.78, 5) is 14.5. The van der Waals surface area contributed by atoms with E-state index in [9.17, 15) is 4.79 Å². The van der Waals surface area contributed by atoms with Gasteiger partial charge in [0.15, 0.2) is 0 Å². The Morgan fingerprint density at radius 3 is 2.64 bits per heavy atom. The van der Waals surface area contributed by atoms with Gasteiger partial charge in [0.25, 0.3) is 5.91 Å². The Hall–Kier alpha value is -2.63. The fourth-order valence-corrected chi connectivity index (χ4v) is 3.16. The van der Waals surface area contributed by atoms with E-state index in [1.54, 1.807) is 6.20 Å². The van der Waals surface area contributed by atoms with Crippen LogP contribution in [0.5, 0.6) is 0 Å². The summed E-state index contributed by atoms with van der Waals surface area (Å²) in [5.41, 5.74) is 4.71. The average Bonchev–Trinajstić information content (AvgIpc) is 2.97. The number of benzene rings is 2. The number of morpholine rings is 1. The molecule has 25 heavy (non-hydrogen) atoms. The summed E-state index contributed by atoms with van der Waals surface area (Å²) >= 11 is 0. The van der Waals surface area contributed by atoms with Crippen LogP contribution in [-0.2, 0) is 16.1 Å². The summed E-state index contributed by atoms with van der Waals surface area (Å²) in [5, 5.41) is 6.11. The van der Waals surface area contributed by atoms with Crippen LogP contribution in [0.3, 0.4) is 0 Å². The van der Waals surface area contributed by atoms with Crippen molar-refractivity contribution in [3.05, 3.63) is 65.9 Å². The van der Waals surface area contributed by atoms with Gasteiger partial charge in [-0.1, -0.05) is 30.3 Å². The van der Waals surface area contributed by atoms with E-state index < -0.39 is 0 Å². The van der Waals surface area contributed by atoms with Crippen molar-refractivity contribution in [1.29, 1.82) is 0 Å². The Morgan fingerprint density at radius 1 is 1.08 bits per heavy atom. The highest BCUT2D eigenvalue weighted by atomic mass is 16.5. The molecule has 2 aromatic rings. The van der Waals surface area contributed by atoms with E-state index in [0.717, 1.165) is 49.8 Å². The van der Waals surface area contributed by atoms with Gasteiger partial charge in [-0.3, -0.25) is 9.69 Å². The van der Waals surface area contributed by atoms with Crippen molar-refractivity contribution in [2.45, 2.75) is 6.54 Å². The minimum atomic E-state index is -0.0716. The van der Waals surface area contributed by atoms with Crippen molar-refractivity contribution in [1.82, 2.24) is 4.90 Å². The van der Waals surface area contributed by atoms with E-state index in [1.807, 2.05) is 36.4 Å². The SMILES string of the molecule is O=C1Nc2ccccc2/C1=C/Nc1ccc(CN2CCOCC2)cc1. The lowest BCUT2D eigenvalue weighted by molar-refractivity contribution is -0.110. The summed E-state index contributed by atoms with van der Waals surface area (Å²) < 4.78 is 5.38. The Bertz CT molecular complexity index is 793. The van der Waals surface area contributed by atoms with Gasteiger partial charge in [-0.05, 0) is 23.8 Å². The molecule has 1 saturated heterocycles. The fraction of sp³-hybridized carbons (Fsp3) is 0.250. The number of carbonyl (C=O) groups is 1. The van der Waals surface area contributed by atoms with Crippen LogP contribution in [0.15, 0.2) is 54.7 Å². The van der Waals surface area contributed by atoms with Gasteiger partial charge in [0.05, 0.1) is 18.8 Å². The molecule has 0 atom stereocenters. The van der Waals surface area contributed by atoms with Crippen molar-refractivity contribution in [2.24, 2.45) is 0 Å². The van der Waals surface area contributed by atoms with E-state index in [0.29, 0.717) is 5.57 Å². The van der Waals surface area contributed by atoms with Gasteiger partial charge in [-0.2, -0.15) is 0 Å². The first-order valence-corrected chi connectivity index (χ1v) is 8.56. The smallest absolute Gasteiger partial charge is 0.257 e. The first-order chi connectivity index (χ1) is 12.3. The molecule has 0 aliphatic carbocycles. The molecule has 0 bridgehead atoms. The molecule has 0 spiro atoms. The Labute approximate surface area is 147 Å². The van der Waals surface area contributed by atoms with E-state index in [4.69, 9.17) is 4.74 Å². The number of rotatable bonds is 4. The molecule has 1 fully saturated rings. The highest BCUT2D eigenvalue weighted by Crippen LogP contribution is 2.31. The van der Waals surface area contributed by atoms with Crippen molar-refractivity contribution in [2.75, 3.05) is 36.9 Å². The van der Waals surface area contributed by atoms with Crippen LogP contribution in [-0.4, -0.2) is 37.1 Å². The number of hydrogen-bond donors (Lipinski definition) is 2. The number of hydrogen-bond acceptors (Lipinski definition) is 4. The van der Waals surface area contributed by atoms with E-state index in [2.05, 4.69) is 27.7 Å². The summed E-state index contributed by atoms with van der Waals surface area (Å²) in [7, 11) is 0. The minimum absolute atomic E-state index is 0.0716. The lowest BCUT2D eigenvalue weighted by Crippen LogP contribution is -2.35. The molecule has 2 aliphatic heterocycles. The molecule has 4 rings (SSSR count). The monoisotopic (exact) mass is 335 g/mol. The van der Waals surface area contributed by atoms with Gasteiger partial charge in [0.1, 0.15) is 0 Å². The second-order valence-corrected chi connectivity index (χ2v) is 6.29. The van der Waals surface area contributed by atoms with Gasteiger partial charge in [0.2, 0.25) is 0 Å². The molecular weight excluding hydrogens is 314 g/mol. The number of anilines is 2. The van der Waals surface area contributed by atoms with Crippen molar-refractivity contribution < 1.29 is 9.53 Å². The molecule has 128 valence electrons. The molecule has 0 radical (unpaired) electrons. The zero-order chi connectivity index (χ0) is 17.1. The van der Waals surface area contributed by atoms with Gasteiger partial charge >= 0.3 is 0 Å². The average molecular weight is 335 g/mol. The standard InChI is InChI=1S/C20H21N3O2/c24-20-18(17-3-1-2-4-19(17)22-20)13-21-16-7-5-15(6-8-16)14-23-9-11-25-12-10-23/h1-8,13,21H,9-12,14H2,(H,22,24)/b18-13-. The second kappa shape index (κ2) is 7.09. The largest absolute Gasteiger partial charge is 0.379 e. The summed E-state index contributed by atoms with van der Waals surface area (Å²) in [6.07, 6.45) is 1.78. The molecule has 2 N–H and O–H groups in total. The van der Waals surface area contributed by atoms with Crippen LogP contribution in [0.1, 0.15) is 11.1 Å². The molecular formula is C20H21N3O2. The van der Waals surface area contributed by atoms with Gasteiger partial charge in [0, 0.05) is 42.8 Å². The lowest BCUT2D eigenvalue weighted by atomic mass is 10.1. The van der Waals surface area contributed by atoms with Crippen molar-refractivity contribution in [3.63, 3.8) is 0 Å². The zero-order valence-electron chi connectivity index (χ0n) is 14.0. The third-order valence-corrected chi connectivity index (χ3v) is 4.56. The van der Waals surface area contributed by atoms with Crippen LogP contribution in [0.2, 0.25) is 0 Å². The predicted octanol–water partition coefficient (Wildman–Crippen LogP) is 2.92. The second-order valence-electron chi connectivity index (χ2n) is 6.29. The number of amides is 1. The number of fused-ring (bicyclic) bond motifs is 1. The van der Waals surface area contributed by atoms with Crippen LogP contribution in [0, 0.1) is 0 Å². The van der Waals surface area contributed by atoms with Crippen LogP contribution in [0.4, 0.5) is 11.4 Å². The van der Waals surface area contributed by atoms with Crippen LogP contribution < -0.4 is 10.6 Å². The molecule has 0 unspecified atom stereocenters. The first-order valence-electron chi connectivity index (χ1n) is 8.56. The Balaban J connectivity index is 1.42. The molecule has 5 nitrogen and oxygen atoms in total. The Kier molecular flexibility index (Phi) is 4.50. The summed E-state index contributed by atoms with van der Waals surface area (Å²) in [6, 6.07) is 16.1. The number of carbonyl (C=O) groups excluding carboxylic acids is 1. The quantitative estimate of drug-likeness (QED) is 0.844. The van der Waals surface area contributed by atoms with Gasteiger partial charge < -0.3 is 15.4 Å². The first kappa shape index (κ1) is 15.9. The molecule has 2 aromatic carbocycles. The fourth-order valence-electron chi connectivity index (χ4n) is 3.16.